The van der Waals surface area contributed by atoms with Crippen molar-refractivity contribution in [2.75, 3.05) is 20.2 Å². The fraction of sp³-hybridized carbons (Fsp3) is 0.350. The van der Waals surface area contributed by atoms with Gasteiger partial charge in [-0.25, -0.2) is 4.79 Å². The van der Waals surface area contributed by atoms with E-state index < -0.39 is 0 Å². The van der Waals surface area contributed by atoms with Crippen molar-refractivity contribution in [2.24, 2.45) is 5.92 Å². The summed E-state index contributed by atoms with van der Waals surface area (Å²) >= 11 is 0. The van der Waals surface area contributed by atoms with Crippen molar-refractivity contribution in [3.8, 4) is 11.1 Å². The molecule has 1 fully saturated rings. The molecule has 0 aliphatic carbocycles. The van der Waals surface area contributed by atoms with E-state index in [4.69, 9.17) is 4.74 Å². The van der Waals surface area contributed by atoms with Crippen LogP contribution in [0.4, 0.5) is 0 Å². The molecule has 0 bridgehead atoms. The summed E-state index contributed by atoms with van der Waals surface area (Å²) in [6.45, 7) is 2.21. The number of nitrogens with zero attached hydrogens (tertiary/aromatic N) is 1. The highest BCUT2D eigenvalue weighted by molar-refractivity contribution is 5.90. The monoisotopic (exact) mass is 353 g/mol. The first kappa shape index (κ1) is 18.1. The topological polar surface area (TPSA) is 80.3 Å². The summed E-state index contributed by atoms with van der Waals surface area (Å²) in [5.74, 6) is -0.168. The molecular weight excluding hydrogens is 330 g/mol. The second-order valence-corrected chi connectivity index (χ2v) is 6.35. The number of aromatic nitrogens is 1. The molecular formula is C20H23N3O3. The third kappa shape index (κ3) is 4.46. The van der Waals surface area contributed by atoms with E-state index >= 15 is 0 Å². The van der Waals surface area contributed by atoms with Gasteiger partial charge in [0.1, 0.15) is 0 Å². The van der Waals surface area contributed by atoms with E-state index in [2.05, 4.69) is 15.6 Å². The number of hydrogen-bond acceptors (Lipinski definition) is 5. The summed E-state index contributed by atoms with van der Waals surface area (Å²) in [5, 5.41) is 6.25. The number of piperidine rings is 1. The molecule has 0 atom stereocenters. The van der Waals surface area contributed by atoms with Gasteiger partial charge >= 0.3 is 5.97 Å². The zero-order valence-corrected chi connectivity index (χ0v) is 14.8. The molecule has 1 aliphatic heterocycles. The third-order valence-electron chi connectivity index (χ3n) is 4.61. The normalized spacial score (nSPS) is 14.7. The van der Waals surface area contributed by atoms with Crippen LogP contribution in [0.1, 0.15) is 28.9 Å². The van der Waals surface area contributed by atoms with Crippen LogP contribution in [0, 0.1) is 5.92 Å². The fourth-order valence-corrected chi connectivity index (χ4v) is 3.08. The molecule has 0 saturated carbocycles. The first-order chi connectivity index (χ1) is 12.7. The lowest BCUT2D eigenvalue weighted by Gasteiger charge is -2.21. The fourth-order valence-electron chi connectivity index (χ4n) is 3.08. The van der Waals surface area contributed by atoms with Gasteiger partial charge in [-0.15, -0.1) is 0 Å². The number of nitrogens with one attached hydrogen (secondary N) is 2. The van der Waals surface area contributed by atoms with Crippen molar-refractivity contribution in [1.82, 2.24) is 15.6 Å². The molecule has 1 amide bonds. The van der Waals surface area contributed by atoms with Gasteiger partial charge in [0.2, 0.25) is 5.91 Å². The van der Waals surface area contributed by atoms with Crippen LogP contribution < -0.4 is 10.6 Å². The third-order valence-corrected chi connectivity index (χ3v) is 4.61. The van der Waals surface area contributed by atoms with Crippen molar-refractivity contribution in [3.63, 3.8) is 0 Å². The predicted molar refractivity (Wildman–Crippen MR) is 98.5 cm³/mol. The van der Waals surface area contributed by atoms with E-state index in [-0.39, 0.29) is 17.8 Å². The van der Waals surface area contributed by atoms with E-state index in [0.717, 1.165) is 42.8 Å². The Balaban J connectivity index is 1.64. The van der Waals surface area contributed by atoms with E-state index in [9.17, 15) is 9.59 Å². The average Bonchev–Trinajstić information content (AvgIpc) is 2.72. The summed E-state index contributed by atoms with van der Waals surface area (Å²) in [4.78, 5) is 28.1. The van der Waals surface area contributed by atoms with Crippen LogP contribution in [-0.2, 0) is 16.1 Å². The molecule has 2 N–H and O–H groups in total. The molecule has 2 aromatic rings. The van der Waals surface area contributed by atoms with E-state index in [0.29, 0.717) is 12.1 Å². The molecule has 26 heavy (non-hydrogen) atoms. The molecule has 136 valence electrons. The highest BCUT2D eigenvalue weighted by Gasteiger charge is 2.20. The maximum absolute atomic E-state index is 12.2. The number of rotatable bonds is 5. The predicted octanol–water partition coefficient (Wildman–Crippen LogP) is 2.15. The Hall–Kier alpha value is -2.73. The summed E-state index contributed by atoms with van der Waals surface area (Å²) in [6.07, 6.45) is 3.49. The van der Waals surface area contributed by atoms with Crippen molar-refractivity contribution < 1.29 is 14.3 Å². The number of ether oxygens (including phenoxy) is 1. The van der Waals surface area contributed by atoms with Gasteiger partial charge in [0, 0.05) is 12.1 Å². The number of pyridine rings is 1. The first-order valence-electron chi connectivity index (χ1n) is 8.79. The van der Waals surface area contributed by atoms with Gasteiger partial charge in [0.25, 0.3) is 0 Å². The minimum atomic E-state index is -0.354. The van der Waals surface area contributed by atoms with Crippen LogP contribution in [0.5, 0.6) is 0 Å². The SMILES string of the molecule is COC(=O)c1ccc(-c2ccnc(CNC(=O)C3CCNCC3)c2)cc1. The van der Waals surface area contributed by atoms with Crippen LogP contribution in [0.3, 0.4) is 0 Å². The lowest BCUT2D eigenvalue weighted by molar-refractivity contribution is -0.125. The van der Waals surface area contributed by atoms with Crippen LogP contribution in [-0.4, -0.2) is 37.1 Å². The summed E-state index contributed by atoms with van der Waals surface area (Å²) < 4.78 is 4.71. The van der Waals surface area contributed by atoms with E-state index in [1.807, 2.05) is 24.3 Å². The minimum absolute atomic E-state index is 0.0882. The van der Waals surface area contributed by atoms with Crippen LogP contribution in [0.25, 0.3) is 11.1 Å². The number of hydrogen-bond donors (Lipinski definition) is 2. The Morgan fingerprint density at radius 3 is 2.58 bits per heavy atom. The Morgan fingerprint density at radius 2 is 1.88 bits per heavy atom. The zero-order valence-electron chi connectivity index (χ0n) is 14.8. The second-order valence-electron chi connectivity index (χ2n) is 6.35. The van der Waals surface area contributed by atoms with Crippen molar-refractivity contribution in [3.05, 3.63) is 53.9 Å². The molecule has 0 radical (unpaired) electrons. The summed E-state index contributed by atoms with van der Waals surface area (Å²) in [5.41, 5.74) is 3.29. The summed E-state index contributed by atoms with van der Waals surface area (Å²) in [7, 11) is 1.36. The quantitative estimate of drug-likeness (QED) is 0.805. The number of methoxy groups -OCH3 is 1. The van der Waals surface area contributed by atoms with Crippen molar-refractivity contribution in [2.45, 2.75) is 19.4 Å². The number of carbonyl (C=O) groups is 2. The Kier molecular flexibility index (Phi) is 5.96. The maximum Gasteiger partial charge on any atom is 0.337 e. The van der Waals surface area contributed by atoms with Gasteiger partial charge in [0.05, 0.1) is 24.9 Å². The van der Waals surface area contributed by atoms with Gasteiger partial charge in [-0.2, -0.15) is 0 Å². The van der Waals surface area contributed by atoms with Crippen LogP contribution in [0.15, 0.2) is 42.6 Å². The Labute approximate surface area is 153 Å². The molecule has 3 rings (SSSR count). The van der Waals surface area contributed by atoms with Crippen molar-refractivity contribution >= 4 is 11.9 Å². The number of amides is 1. The number of carbonyl (C=O) groups excluding carboxylic acids is 2. The van der Waals surface area contributed by atoms with Gasteiger partial charge in [-0.05, 0) is 61.3 Å². The molecule has 6 heteroatoms. The number of esters is 1. The van der Waals surface area contributed by atoms with Crippen LogP contribution >= 0.6 is 0 Å². The van der Waals surface area contributed by atoms with E-state index in [1.165, 1.54) is 7.11 Å². The molecule has 0 spiro atoms. The van der Waals surface area contributed by atoms with Gasteiger partial charge in [-0.1, -0.05) is 12.1 Å². The second kappa shape index (κ2) is 8.58. The van der Waals surface area contributed by atoms with Crippen LogP contribution in [0.2, 0.25) is 0 Å². The Morgan fingerprint density at radius 1 is 1.15 bits per heavy atom. The summed E-state index contributed by atoms with van der Waals surface area (Å²) in [6, 6.07) is 11.1. The molecule has 1 saturated heterocycles. The lowest BCUT2D eigenvalue weighted by Crippen LogP contribution is -2.37. The molecule has 1 aromatic heterocycles. The molecule has 6 nitrogen and oxygen atoms in total. The number of benzene rings is 1. The lowest BCUT2D eigenvalue weighted by atomic mass is 9.97. The maximum atomic E-state index is 12.2. The van der Waals surface area contributed by atoms with Gasteiger partial charge < -0.3 is 15.4 Å². The molecule has 2 heterocycles. The standard InChI is InChI=1S/C20H23N3O3/c1-26-20(25)16-4-2-14(3-5-16)17-8-11-22-18(12-17)13-23-19(24)15-6-9-21-10-7-15/h2-5,8,11-12,15,21H,6-7,9-10,13H2,1H3,(H,23,24). The first-order valence-corrected chi connectivity index (χ1v) is 8.79. The highest BCUT2D eigenvalue weighted by atomic mass is 16.5. The van der Waals surface area contributed by atoms with Gasteiger partial charge in [-0.3, -0.25) is 9.78 Å². The molecule has 1 aliphatic rings. The highest BCUT2D eigenvalue weighted by Crippen LogP contribution is 2.20. The Bertz CT molecular complexity index is 768. The van der Waals surface area contributed by atoms with Gasteiger partial charge in [0.15, 0.2) is 0 Å². The van der Waals surface area contributed by atoms with E-state index in [1.54, 1.807) is 18.3 Å². The van der Waals surface area contributed by atoms with Crippen molar-refractivity contribution in [1.29, 1.82) is 0 Å². The zero-order chi connectivity index (χ0) is 18.4. The smallest absolute Gasteiger partial charge is 0.337 e. The molecule has 1 aromatic carbocycles. The molecule has 0 unspecified atom stereocenters. The average molecular weight is 353 g/mol. The minimum Gasteiger partial charge on any atom is -0.465 e. The largest absolute Gasteiger partial charge is 0.465 e.